The fraction of sp³-hybridized carbons (Fsp3) is 0.562. The second-order valence-electron chi connectivity index (χ2n) is 6.09. The number of aryl methyl sites for hydroxylation is 3. The summed E-state index contributed by atoms with van der Waals surface area (Å²) in [6.45, 7) is 6.26. The molecule has 0 radical (unpaired) electrons. The number of amides is 1. The lowest BCUT2D eigenvalue weighted by atomic mass is 10.2. The van der Waals surface area contributed by atoms with Gasteiger partial charge in [-0.2, -0.15) is 5.10 Å². The first-order valence-corrected chi connectivity index (χ1v) is 9.12. The van der Waals surface area contributed by atoms with Crippen LogP contribution in [0.3, 0.4) is 0 Å². The van der Waals surface area contributed by atoms with Gasteiger partial charge < -0.3 is 9.80 Å². The summed E-state index contributed by atoms with van der Waals surface area (Å²) in [5.41, 5.74) is 1.80. The van der Waals surface area contributed by atoms with E-state index in [-0.39, 0.29) is 5.91 Å². The molecule has 1 fully saturated rings. The molecule has 2 aromatic heterocycles. The van der Waals surface area contributed by atoms with Crippen LogP contribution < -0.4 is 4.90 Å². The molecule has 0 bridgehead atoms. The molecule has 0 unspecified atom stereocenters. The zero-order valence-corrected chi connectivity index (χ0v) is 14.2. The Morgan fingerprint density at radius 1 is 1.26 bits per heavy atom. The van der Waals surface area contributed by atoms with Crippen molar-refractivity contribution in [1.82, 2.24) is 19.7 Å². The molecule has 23 heavy (non-hydrogen) atoms. The Morgan fingerprint density at radius 3 is 2.78 bits per heavy atom. The molecule has 1 saturated heterocycles. The highest BCUT2D eigenvalue weighted by molar-refractivity contribution is 7.15. The van der Waals surface area contributed by atoms with Crippen LogP contribution in [-0.2, 0) is 19.4 Å². The molecule has 0 spiro atoms. The smallest absolute Gasteiger partial charge is 0.274 e. The maximum absolute atomic E-state index is 12.6. The molecule has 0 N–H and O–H groups in total. The lowest BCUT2D eigenvalue weighted by molar-refractivity contribution is 0.0740. The minimum Gasteiger partial charge on any atom is -0.345 e. The molecule has 1 amide bonds. The van der Waals surface area contributed by atoms with Crippen LogP contribution in [0.15, 0.2) is 12.3 Å². The second kappa shape index (κ2) is 5.96. The van der Waals surface area contributed by atoms with Crippen LogP contribution in [0.25, 0.3) is 0 Å². The molecule has 0 atom stereocenters. The Bertz CT molecular complexity index is 692. The second-order valence-corrected chi connectivity index (χ2v) is 7.18. The Balaban J connectivity index is 1.39. The number of thiazole rings is 1. The third-order valence-corrected chi connectivity index (χ3v) is 5.81. The normalized spacial score (nSPS) is 17.6. The quantitative estimate of drug-likeness (QED) is 0.861. The van der Waals surface area contributed by atoms with E-state index < -0.39 is 0 Å². The fourth-order valence-electron chi connectivity index (χ4n) is 3.23. The van der Waals surface area contributed by atoms with Gasteiger partial charge in [-0.05, 0) is 25.3 Å². The van der Waals surface area contributed by atoms with Gasteiger partial charge in [0.25, 0.3) is 5.91 Å². The van der Waals surface area contributed by atoms with Crippen LogP contribution >= 0.6 is 11.3 Å². The average Bonchev–Trinajstić information content (AvgIpc) is 3.29. The number of piperazine rings is 1. The van der Waals surface area contributed by atoms with E-state index in [1.54, 1.807) is 11.3 Å². The summed E-state index contributed by atoms with van der Waals surface area (Å²) in [6.07, 6.45) is 5.17. The first-order valence-electron chi connectivity index (χ1n) is 8.30. The highest BCUT2D eigenvalue weighted by Gasteiger charge is 2.26. The van der Waals surface area contributed by atoms with Crippen LogP contribution in [0.5, 0.6) is 0 Å². The number of rotatable bonds is 3. The average molecular weight is 331 g/mol. The SMILES string of the molecule is CCc1cnc(N2CCN(C(=O)c3cc4n(n3)CCC4)CC2)s1. The molecule has 122 valence electrons. The summed E-state index contributed by atoms with van der Waals surface area (Å²) in [5.74, 6) is 0.0694. The van der Waals surface area contributed by atoms with E-state index in [2.05, 4.69) is 21.9 Å². The van der Waals surface area contributed by atoms with Crippen molar-refractivity contribution in [2.24, 2.45) is 0 Å². The van der Waals surface area contributed by atoms with Gasteiger partial charge in [0.05, 0.1) is 0 Å². The first-order chi connectivity index (χ1) is 11.2. The number of nitrogens with zero attached hydrogens (tertiary/aromatic N) is 5. The van der Waals surface area contributed by atoms with Crippen LogP contribution in [-0.4, -0.2) is 51.8 Å². The summed E-state index contributed by atoms with van der Waals surface area (Å²) < 4.78 is 1.98. The van der Waals surface area contributed by atoms with Crippen LogP contribution in [0, 0.1) is 0 Å². The van der Waals surface area contributed by atoms with E-state index in [0.717, 1.165) is 57.1 Å². The lowest BCUT2D eigenvalue weighted by Gasteiger charge is -2.34. The molecule has 2 aromatic rings. The molecule has 2 aliphatic heterocycles. The van der Waals surface area contributed by atoms with Gasteiger partial charge in [0.1, 0.15) is 0 Å². The third kappa shape index (κ3) is 2.73. The summed E-state index contributed by atoms with van der Waals surface area (Å²) in [4.78, 5) is 22.6. The first kappa shape index (κ1) is 14.7. The van der Waals surface area contributed by atoms with Gasteiger partial charge >= 0.3 is 0 Å². The molecule has 4 rings (SSSR count). The number of hydrogen-bond acceptors (Lipinski definition) is 5. The predicted molar refractivity (Wildman–Crippen MR) is 90.2 cm³/mol. The van der Waals surface area contributed by atoms with E-state index in [4.69, 9.17) is 0 Å². The van der Waals surface area contributed by atoms with Crippen LogP contribution in [0.4, 0.5) is 5.13 Å². The number of carbonyl (C=O) groups is 1. The van der Waals surface area contributed by atoms with Crippen molar-refractivity contribution in [3.8, 4) is 0 Å². The molecular weight excluding hydrogens is 310 g/mol. The van der Waals surface area contributed by atoms with Crippen LogP contribution in [0.1, 0.15) is 34.4 Å². The highest BCUT2D eigenvalue weighted by atomic mass is 32.1. The zero-order valence-electron chi connectivity index (χ0n) is 13.4. The Kier molecular flexibility index (Phi) is 3.80. The molecule has 6 nitrogen and oxygen atoms in total. The monoisotopic (exact) mass is 331 g/mol. The maximum Gasteiger partial charge on any atom is 0.274 e. The van der Waals surface area contributed by atoms with Gasteiger partial charge in [-0.25, -0.2) is 4.98 Å². The molecule has 7 heteroatoms. The van der Waals surface area contributed by atoms with Crippen molar-refractivity contribution in [3.63, 3.8) is 0 Å². The Labute approximate surface area is 139 Å². The van der Waals surface area contributed by atoms with Crippen molar-refractivity contribution < 1.29 is 4.79 Å². The minimum absolute atomic E-state index is 0.0694. The molecule has 4 heterocycles. The number of hydrogen-bond donors (Lipinski definition) is 0. The third-order valence-electron chi connectivity index (χ3n) is 4.61. The zero-order chi connectivity index (χ0) is 15.8. The van der Waals surface area contributed by atoms with E-state index in [1.165, 1.54) is 10.6 Å². The molecular formula is C16H21N5OS. The number of carbonyl (C=O) groups excluding carboxylic acids is 1. The molecule has 0 saturated carbocycles. The van der Waals surface area contributed by atoms with Crippen molar-refractivity contribution in [2.75, 3.05) is 31.1 Å². The largest absolute Gasteiger partial charge is 0.345 e. The van der Waals surface area contributed by atoms with E-state index in [9.17, 15) is 4.79 Å². The molecule has 2 aliphatic rings. The Hall–Kier alpha value is -1.89. The summed E-state index contributed by atoms with van der Waals surface area (Å²) in [5, 5.41) is 5.54. The lowest BCUT2D eigenvalue weighted by Crippen LogP contribution is -2.48. The maximum atomic E-state index is 12.6. The van der Waals surface area contributed by atoms with Gasteiger partial charge in [-0.1, -0.05) is 6.92 Å². The number of fused-ring (bicyclic) bond motifs is 1. The van der Waals surface area contributed by atoms with Crippen molar-refractivity contribution in [1.29, 1.82) is 0 Å². The van der Waals surface area contributed by atoms with E-state index in [0.29, 0.717) is 5.69 Å². The standard InChI is InChI=1S/C16H21N5OS/c1-2-13-11-17-16(23-13)20-8-6-19(7-9-20)15(22)14-10-12-4-3-5-21(12)18-14/h10-11H,2-9H2,1H3. The molecule has 0 aromatic carbocycles. The van der Waals surface area contributed by atoms with Crippen molar-refractivity contribution >= 4 is 22.4 Å². The van der Waals surface area contributed by atoms with Gasteiger partial charge in [0, 0.05) is 49.5 Å². The van der Waals surface area contributed by atoms with Crippen molar-refractivity contribution in [3.05, 3.63) is 28.5 Å². The minimum atomic E-state index is 0.0694. The summed E-state index contributed by atoms with van der Waals surface area (Å²) in [6, 6.07) is 1.97. The van der Waals surface area contributed by atoms with Gasteiger partial charge in [0.15, 0.2) is 10.8 Å². The fourth-order valence-corrected chi connectivity index (χ4v) is 4.14. The molecule has 0 aliphatic carbocycles. The van der Waals surface area contributed by atoms with E-state index >= 15 is 0 Å². The van der Waals surface area contributed by atoms with Crippen molar-refractivity contribution in [2.45, 2.75) is 32.7 Å². The number of anilines is 1. The van der Waals surface area contributed by atoms with Gasteiger partial charge in [0.2, 0.25) is 0 Å². The highest BCUT2D eigenvalue weighted by Crippen LogP contribution is 2.24. The van der Waals surface area contributed by atoms with Gasteiger partial charge in [-0.15, -0.1) is 11.3 Å². The summed E-state index contributed by atoms with van der Waals surface area (Å²) >= 11 is 1.76. The topological polar surface area (TPSA) is 54.3 Å². The Morgan fingerprint density at radius 2 is 2.09 bits per heavy atom. The summed E-state index contributed by atoms with van der Waals surface area (Å²) in [7, 11) is 0. The van der Waals surface area contributed by atoms with E-state index in [1.807, 2.05) is 21.8 Å². The van der Waals surface area contributed by atoms with Crippen LogP contribution in [0.2, 0.25) is 0 Å². The number of aromatic nitrogens is 3. The predicted octanol–water partition coefficient (Wildman–Crippen LogP) is 1.81. The van der Waals surface area contributed by atoms with Gasteiger partial charge in [-0.3, -0.25) is 9.48 Å².